The van der Waals surface area contributed by atoms with Crippen molar-refractivity contribution < 1.29 is 9.59 Å². The molecule has 2 aromatic carbocycles. The van der Waals surface area contributed by atoms with Crippen LogP contribution in [0.4, 0.5) is 11.4 Å². The van der Waals surface area contributed by atoms with Crippen LogP contribution in [0.3, 0.4) is 0 Å². The summed E-state index contributed by atoms with van der Waals surface area (Å²) < 4.78 is 1.10. The molecule has 1 unspecified atom stereocenters. The topological polar surface area (TPSA) is 58.2 Å². The van der Waals surface area contributed by atoms with Crippen molar-refractivity contribution in [3.63, 3.8) is 0 Å². The van der Waals surface area contributed by atoms with Gasteiger partial charge in [0.1, 0.15) is 0 Å². The van der Waals surface area contributed by atoms with Crippen molar-refractivity contribution in [1.29, 1.82) is 0 Å². The van der Waals surface area contributed by atoms with E-state index in [2.05, 4.69) is 33.2 Å². The summed E-state index contributed by atoms with van der Waals surface area (Å²) >= 11 is 9.51. The van der Waals surface area contributed by atoms with Gasteiger partial charge in [0.05, 0.1) is 10.9 Å². The number of rotatable bonds is 3. The molecule has 0 bridgehead atoms. The lowest BCUT2D eigenvalue weighted by Gasteiger charge is -2.23. The second-order valence-electron chi connectivity index (χ2n) is 5.00. The van der Waals surface area contributed by atoms with Crippen molar-refractivity contribution in [1.82, 2.24) is 0 Å². The number of amides is 2. The quantitative estimate of drug-likeness (QED) is 0.671. The van der Waals surface area contributed by atoms with Crippen LogP contribution in [0.15, 0.2) is 47.4 Å². The van der Waals surface area contributed by atoms with Gasteiger partial charge in [-0.2, -0.15) is 0 Å². The number of hydrogen-bond donors (Lipinski definition) is 2. The number of halogens is 2. The summed E-state index contributed by atoms with van der Waals surface area (Å²) in [5, 5.41) is 5.73. The van der Waals surface area contributed by atoms with Gasteiger partial charge in [-0.05, 0) is 65.1 Å². The minimum atomic E-state index is -0.451. The first-order valence-corrected chi connectivity index (χ1v) is 9.17. The molecule has 3 rings (SSSR count). The van der Waals surface area contributed by atoms with Crippen molar-refractivity contribution >= 4 is 69.1 Å². The highest BCUT2D eigenvalue weighted by atomic mass is 127. The number of anilines is 2. The van der Waals surface area contributed by atoms with E-state index in [1.54, 1.807) is 12.1 Å². The Bertz CT molecular complexity index is 767. The van der Waals surface area contributed by atoms with E-state index in [9.17, 15) is 9.59 Å². The van der Waals surface area contributed by atoms with Crippen LogP contribution < -0.4 is 10.6 Å². The number of carbonyl (C=O) groups is 2. The molecule has 0 fully saturated rings. The van der Waals surface area contributed by atoms with Crippen molar-refractivity contribution in [2.45, 2.75) is 16.6 Å². The number of nitrogens with one attached hydrogen (secondary N) is 2. The van der Waals surface area contributed by atoms with E-state index < -0.39 is 5.25 Å². The fraction of sp³-hybridized carbons (Fsp3) is 0.125. The fourth-order valence-corrected chi connectivity index (χ4v) is 3.79. The second-order valence-corrected chi connectivity index (χ2v) is 7.92. The summed E-state index contributed by atoms with van der Waals surface area (Å²) in [6.07, 6.45) is 0.116. The highest BCUT2D eigenvalue weighted by molar-refractivity contribution is 14.1. The van der Waals surface area contributed by atoms with Gasteiger partial charge < -0.3 is 10.6 Å². The average molecular weight is 459 g/mol. The average Bonchev–Trinajstić information content (AvgIpc) is 2.50. The zero-order valence-electron chi connectivity index (χ0n) is 11.8. The van der Waals surface area contributed by atoms with Crippen LogP contribution in [0.2, 0.25) is 5.02 Å². The molecule has 2 amide bonds. The summed E-state index contributed by atoms with van der Waals surface area (Å²) in [6.45, 7) is 0. The van der Waals surface area contributed by atoms with Gasteiger partial charge in [0, 0.05) is 25.6 Å². The van der Waals surface area contributed by atoms with Crippen molar-refractivity contribution in [3.8, 4) is 0 Å². The van der Waals surface area contributed by atoms with Crippen molar-refractivity contribution in [2.75, 3.05) is 10.6 Å². The summed E-state index contributed by atoms with van der Waals surface area (Å²) in [7, 11) is 0. The van der Waals surface area contributed by atoms with Crippen molar-refractivity contribution in [2.24, 2.45) is 0 Å². The maximum atomic E-state index is 12.1. The second kappa shape index (κ2) is 7.11. The molecule has 2 aromatic rings. The molecule has 0 radical (unpaired) electrons. The molecule has 0 saturated carbocycles. The van der Waals surface area contributed by atoms with Crippen LogP contribution in [-0.4, -0.2) is 17.1 Å². The molecule has 0 spiro atoms. The molecule has 2 N–H and O–H groups in total. The Labute approximate surface area is 156 Å². The lowest BCUT2D eigenvalue weighted by atomic mass is 10.2. The first-order chi connectivity index (χ1) is 11.0. The molecule has 1 heterocycles. The third kappa shape index (κ3) is 4.19. The number of thioether (sulfide) groups is 1. The van der Waals surface area contributed by atoms with Crippen LogP contribution in [0.1, 0.15) is 6.42 Å². The molecular weight excluding hydrogens is 447 g/mol. The third-order valence-corrected chi connectivity index (χ3v) is 5.49. The van der Waals surface area contributed by atoms with E-state index in [1.807, 2.05) is 30.3 Å². The molecule has 118 valence electrons. The Balaban J connectivity index is 1.66. The first kappa shape index (κ1) is 16.6. The fourth-order valence-electron chi connectivity index (χ4n) is 2.17. The maximum Gasteiger partial charge on any atom is 0.238 e. The van der Waals surface area contributed by atoms with E-state index in [0.29, 0.717) is 10.7 Å². The van der Waals surface area contributed by atoms with Crippen LogP contribution in [0, 0.1) is 3.57 Å². The Morgan fingerprint density at radius 1 is 1.26 bits per heavy atom. The molecule has 1 aliphatic rings. The summed E-state index contributed by atoms with van der Waals surface area (Å²) in [6, 6.07) is 12.8. The highest BCUT2D eigenvalue weighted by Gasteiger charge is 2.29. The molecular formula is C16H12ClIN2O2S. The lowest BCUT2D eigenvalue weighted by Crippen LogP contribution is -2.32. The molecule has 0 aliphatic carbocycles. The van der Waals surface area contributed by atoms with Gasteiger partial charge in [-0.3, -0.25) is 9.59 Å². The molecule has 0 aromatic heterocycles. The zero-order chi connectivity index (χ0) is 16.4. The monoisotopic (exact) mass is 458 g/mol. The maximum absolute atomic E-state index is 12.1. The van der Waals surface area contributed by atoms with Crippen LogP contribution in [-0.2, 0) is 9.59 Å². The summed E-state index contributed by atoms with van der Waals surface area (Å²) in [4.78, 5) is 25.2. The van der Waals surface area contributed by atoms with Crippen LogP contribution >= 0.6 is 46.0 Å². The lowest BCUT2D eigenvalue weighted by molar-refractivity contribution is -0.120. The predicted octanol–water partition coefficient (Wildman–Crippen LogP) is 4.39. The Morgan fingerprint density at radius 3 is 2.74 bits per heavy atom. The van der Waals surface area contributed by atoms with Gasteiger partial charge in [-0.1, -0.05) is 11.6 Å². The van der Waals surface area contributed by atoms with Crippen LogP contribution in [0.5, 0.6) is 0 Å². The van der Waals surface area contributed by atoms with Gasteiger partial charge in [0.2, 0.25) is 11.8 Å². The minimum absolute atomic E-state index is 0.116. The van der Waals surface area contributed by atoms with Crippen molar-refractivity contribution in [3.05, 3.63) is 51.1 Å². The number of benzene rings is 2. The van der Waals surface area contributed by atoms with Gasteiger partial charge >= 0.3 is 0 Å². The molecule has 0 saturated heterocycles. The van der Waals surface area contributed by atoms with E-state index >= 15 is 0 Å². The standard InChI is InChI=1S/C16H12ClIN2O2S/c17-9-1-6-13-12(7-9)20-16(22)14(23-13)8-15(21)19-11-4-2-10(18)3-5-11/h1-7,14H,8H2,(H,19,21)(H,20,22). The Morgan fingerprint density at radius 2 is 2.00 bits per heavy atom. The molecule has 7 heteroatoms. The number of carbonyl (C=O) groups excluding carboxylic acids is 2. The van der Waals surface area contributed by atoms with E-state index in [4.69, 9.17) is 11.6 Å². The molecule has 1 atom stereocenters. The summed E-state index contributed by atoms with van der Waals surface area (Å²) in [5.41, 5.74) is 1.42. The Kier molecular flexibility index (Phi) is 5.13. The summed E-state index contributed by atoms with van der Waals surface area (Å²) in [5.74, 6) is -0.362. The number of hydrogen-bond acceptors (Lipinski definition) is 3. The van der Waals surface area contributed by atoms with E-state index in [1.165, 1.54) is 11.8 Å². The van der Waals surface area contributed by atoms with Gasteiger partial charge in [0.15, 0.2) is 0 Å². The highest BCUT2D eigenvalue weighted by Crippen LogP contribution is 2.38. The molecule has 1 aliphatic heterocycles. The first-order valence-electron chi connectivity index (χ1n) is 6.84. The van der Waals surface area contributed by atoms with Crippen LogP contribution in [0.25, 0.3) is 0 Å². The smallest absolute Gasteiger partial charge is 0.238 e. The SMILES string of the molecule is O=C(CC1Sc2ccc(Cl)cc2NC1=O)Nc1ccc(I)cc1. The van der Waals surface area contributed by atoms with Gasteiger partial charge in [0.25, 0.3) is 0 Å². The normalized spacial score (nSPS) is 16.4. The molecule has 23 heavy (non-hydrogen) atoms. The zero-order valence-corrected chi connectivity index (χ0v) is 15.5. The third-order valence-electron chi connectivity index (χ3n) is 3.26. The van der Waals surface area contributed by atoms with Gasteiger partial charge in [-0.15, -0.1) is 11.8 Å². The number of fused-ring (bicyclic) bond motifs is 1. The minimum Gasteiger partial charge on any atom is -0.326 e. The van der Waals surface area contributed by atoms with E-state index in [0.717, 1.165) is 14.2 Å². The largest absolute Gasteiger partial charge is 0.326 e. The van der Waals surface area contributed by atoms with E-state index in [-0.39, 0.29) is 18.2 Å². The Hall–Kier alpha value is -1.25. The van der Waals surface area contributed by atoms with Gasteiger partial charge in [-0.25, -0.2) is 0 Å². The predicted molar refractivity (Wildman–Crippen MR) is 102 cm³/mol. The molecule has 4 nitrogen and oxygen atoms in total.